The van der Waals surface area contributed by atoms with E-state index in [1.807, 2.05) is 0 Å². The van der Waals surface area contributed by atoms with Gasteiger partial charge in [0.15, 0.2) is 18.6 Å². The first kappa shape index (κ1) is 10.0. The van der Waals surface area contributed by atoms with Gasteiger partial charge in [0.05, 0.1) is 25.0 Å². The van der Waals surface area contributed by atoms with Gasteiger partial charge < -0.3 is 4.90 Å². The molecule has 1 aromatic rings. The Bertz CT molecular complexity index is 345. The molecule has 1 aliphatic rings. The zero-order valence-corrected chi connectivity index (χ0v) is 7.94. The SMILES string of the molecule is O=Cc1ccc(N2CC(F)C(F)C2)cn1. The lowest BCUT2D eigenvalue weighted by atomic mass is 10.3. The number of hydrogen-bond donors (Lipinski definition) is 0. The monoisotopic (exact) mass is 212 g/mol. The smallest absolute Gasteiger partial charge is 0.168 e. The molecule has 0 aliphatic carbocycles. The van der Waals surface area contributed by atoms with E-state index in [1.165, 1.54) is 12.3 Å². The quantitative estimate of drug-likeness (QED) is 0.694. The van der Waals surface area contributed by atoms with E-state index in [-0.39, 0.29) is 13.1 Å². The van der Waals surface area contributed by atoms with Crippen molar-refractivity contribution in [2.75, 3.05) is 18.0 Å². The van der Waals surface area contributed by atoms with Crippen molar-refractivity contribution in [2.24, 2.45) is 0 Å². The molecule has 0 radical (unpaired) electrons. The van der Waals surface area contributed by atoms with Crippen molar-refractivity contribution in [2.45, 2.75) is 12.3 Å². The molecular formula is C10H10F2N2O. The first-order valence-corrected chi connectivity index (χ1v) is 4.65. The van der Waals surface area contributed by atoms with Gasteiger partial charge >= 0.3 is 0 Å². The number of halogens is 2. The van der Waals surface area contributed by atoms with Crippen LogP contribution in [0.5, 0.6) is 0 Å². The summed E-state index contributed by atoms with van der Waals surface area (Å²) in [5, 5.41) is 0. The van der Waals surface area contributed by atoms with Crippen LogP contribution in [0.1, 0.15) is 10.5 Å². The minimum atomic E-state index is -1.43. The molecule has 1 saturated heterocycles. The second kappa shape index (κ2) is 3.92. The predicted molar refractivity (Wildman–Crippen MR) is 51.6 cm³/mol. The Morgan fingerprint density at radius 1 is 1.33 bits per heavy atom. The van der Waals surface area contributed by atoms with Crippen LogP contribution < -0.4 is 4.90 Å². The van der Waals surface area contributed by atoms with Gasteiger partial charge in [-0.2, -0.15) is 0 Å². The number of alkyl halides is 2. The summed E-state index contributed by atoms with van der Waals surface area (Å²) >= 11 is 0. The van der Waals surface area contributed by atoms with Crippen molar-refractivity contribution in [1.29, 1.82) is 0 Å². The number of aldehydes is 1. The van der Waals surface area contributed by atoms with E-state index in [1.54, 1.807) is 11.0 Å². The van der Waals surface area contributed by atoms with Crippen molar-refractivity contribution >= 4 is 12.0 Å². The van der Waals surface area contributed by atoms with Crippen LogP contribution in [-0.2, 0) is 0 Å². The molecule has 2 heterocycles. The van der Waals surface area contributed by atoms with Gasteiger partial charge in [-0.3, -0.25) is 9.78 Å². The predicted octanol–water partition coefficient (Wildman–Crippen LogP) is 1.39. The summed E-state index contributed by atoms with van der Waals surface area (Å²) in [6, 6.07) is 3.17. The average molecular weight is 212 g/mol. The van der Waals surface area contributed by atoms with Crippen LogP contribution in [0.15, 0.2) is 18.3 Å². The summed E-state index contributed by atoms with van der Waals surface area (Å²) in [5.41, 5.74) is 0.954. The molecule has 80 valence electrons. The molecule has 0 bridgehead atoms. The summed E-state index contributed by atoms with van der Waals surface area (Å²) in [5.74, 6) is 0. The van der Waals surface area contributed by atoms with Gasteiger partial charge in [-0.25, -0.2) is 8.78 Å². The lowest BCUT2D eigenvalue weighted by Gasteiger charge is -2.16. The summed E-state index contributed by atoms with van der Waals surface area (Å²) in [6.07, 6.45) is -0.787. The highest BCUT2D eigenvalue weighted by Gasteiger charge is 2.32. The Hall–Kier alpha value is -1.52. The molecule has 2 atom stereocenters. The Morgan fingerprint density at radius 3 is 2.47 bits per heavy atom. The lowest BCUT2D eigenvalue weighted by molar-refractivity contribution is 0.111. The zero-order valence-electron chi connectivity index (χ0n) is 7.94. The second-order valence-corrected chi connectivity index (χ2v) is 3.50. The van der Waals surface area contributed by atoms with Gasteiger partial charge in [-0.15, -0.1) is 0 Å². The number of aromatic nitrogens is 1. The molecule has 2 rings (SSSR count). The molecule has 0 amide bonds. The molecule has 1 aromatic heterocycles. The molecule has 1 aliphatic heterocycles. The van der Waals surface area contributed by atoms with E-state index in [2.05, 4.69) is 4.98 Å². The van der Waals surface area contributed by atoms with Crippen LogP contribution in [0.4, 0.5) is 14.5 Å². The largest absolute Gasteiger partial charge is 0.364 e. The molecule has 5 heteroatoms. The molecule has 0 spiro atoms. The topological polar surface area (TPSA) is 33.2 Å². The van der Waals surface area contributed by atoms with E-state index in [0.29, 0.717) is 17.7 Å². The van der Waals surface area contributed by atoms with Gasteiger partial charge in [0, 0.05) is 0 Å². The molecule has 0 aromatic carbocycles. The maximum Gasteiger partial charge on any atom is 0.168 e. The van der Waals surface area contributed by atoms with Gasteiger partial charge in [0.25, 0.3) is 0 Å². The Kier molecular flexibility index (Phi) is 2.62. The molecule has 15 heavy (non-hydrogen) atoms. The third kappa shape index (κ3) is 1.95. The van der Waals surface area contributed by atoms with E-state index in [9.17, 15) is 13.6 Å². The maximum absolute atomic E-state index is 12.9. The Balaban J connectivity index is 2.13. The van der Waals surface area contributed by atoms with Crippen LogP contribution in [0.25, 0.3) is 0 Å². The van der Waals surface area contributed by atoms with Gasteiger partial charge in [-0.1, -0.05) is 0 Å². The van der Waals surface area contributed by atoms with Crippen molar-refractivity contribution in [3.8, 4) is 0 Å². The van der Waals surface area contributed by atoms with Crippen molar-refractivity contribution in [1.82, 2.24) is 4.98 Å². The highest BCUT2D eigenvalue weighted by atomic mass is 19.2. The third-order valence-corrected chi connectivity index (χ3v) is 2.44. The number of rotatable bonds is 2. The first-order chi connectivity index (χ1) is 7.20. The number of nitrogens with zero attached hydrogens (tertiary/aromatic N) is 2. The minimum Gasteiger partial charge on any atom is -0.364 e. The average Bonchev–Trinajstić information content (AvgIpc) is 2.59. The summed E-state index contributed by atoms with van der Waals surface area (Å²) < 4.78 is 25.8. The molecule has 1 fully saturated rings. The van der Waals surface area contributed by atoms with E-state index in [0.717, 1.165) is 0 Å². The van der Waals surface area contributed by atoms with E-state index >= 15 is 0 Å². The van der Waals surface area contributed by atoms with Crippen molar-refractivity contribution in [3.63, 3.8) is 0 Å². The van der Waals surface area contributed by atoms with Crippen LogP contribution in [0.2, 0.25) is 0 Å². The Morgan fingerprint density at radius 2 is 2.00 bits per heavy atom. The number of carbonyl (C=O) groups is 1. The second-order valence-electron chi connectivity index (χ2n) is 3.50. The fourth-order valence-electron chi connectivity index (χ4n) is 1.59. The highest BCUT2D eigenvalue weighted by molar-refractivity contribution is 5.72. The Labute approximate surface area is 85.7 Å². The molecule has 3 nitrogen and oxygen atoms in total. The molecule has 2 unspecified atom stereocenters. The fourth-order valence-corrected chi connectivity index (χ4v) is 1.59. The van der Waals surface area contributed by atoms with Crippen LogP contribution in [0, 0.1) is 0 Å². The van der Waals surface area contributed by atoms with Gasteiger partial charge in [0.2, 0.25) is 0 Å². The normalized spacial score (nSPS) is 25.6. The van der Waals surface area contributed by atoms with Crippen LogP contribution in [0.3, 0.4) is 0 Å². The van der Waals surface area contributed by atoms with Crippen molar-refractivity contribution < 1.29 is 13.6 Å². The number of carbonyl (C=O) groups excluding carboxylic acids is 1. The summed E-state index contributed by atoms with van der Waals surface area (Å²) in [4.78, 5) is 15.8. The van der Waals surface area contributed by atoms with Crippen LogP contribution in [-0.4, -0.2) is 36.7 Å². The standard InChI is InChI=1S/C10H10F2N2O/c11-9-4-14(5-10(9)12)8-2-1-7(6-15)13-3-8/h1-3,6,9-10H,4-5H2. The first-order valence-electron chi connectivity index (χ1n) is 4.65. The zero-order chi connectivity index (χ0) is 10.8. The highest BCUT2D eigenvalue weighted by Crippen LogP contribution is 2.23. The lowest BCUT2D eigenvalue weighted by Crippen LogP contribution is -2.20. The van der Waals surface area contributed by atoms with Crippen LogP contribution >= 0.6 is 0 Å². The molecule has 0 N–H and O–H groups in total. The van der Waals surface area contributed by atoms with E-state index in [4.69, 9.17) is 0 Å². The van der Waals surface area contributed by atoms with E-state index < -0.39 is 12.3 Å². The van der Waals surface area contributed by atoms with Gasteiger partial charge in [0.1, 0.15) is 5.69 Å². The summed E-state index contributed by atoms with van der Waals surface area (Å²) in [7, 11) is 0. The summed E-state index contributed by atoms with van der Waals surface area (Å²) in [6.45, 7) is 0.0898. The number of hydrogen-bond acceptors (Lipinski definition) is 3. The minimum absolute atomic E-state index is 0.0449. The van der Waals surface area contributed by atoms with Crippen molar-refractivity contribution in [3.05, 3.63) is 24.0 Å². The molecule has 0 saturated carbocycles. The van der Waals surface area contributed by atoms with Gasteiger partial charge in [-0.05, 0) is 12.1 Å². The third-order valence-electron chi connectivity index (χ3n) is 2.44. The maximum atomic E-state index is 12.9. The molecular weight excluding hydrogens is 202 g/mol. The number of pyridine rings is 1. The number of anilines is 1. The fraction of sp³-hybridized carbons (Fsp3) is 0.400.